The smallest absolute Gasteiger partial charge is 0.219 e. The molecule has 0 saturated carbocycles. The monoisotopic (exact) mass is 310 g/mol. The van der Waals surface area contributed by atoms with Crippen molar-refractivity contribution < 1.29 is 13.9 Å². The van der Waals surface area contributed by atoms with Gasteiger partial charge in [0, 0.05) is 30.0 Å². The number of hydrogen-bond donors (Lipinski definition) is 0. The fourth-order valence-corrected chi connectivity index (χ4v) is 2.29. The number of rotatable bonds is 5. The Kier molecular flexibility index (Phi) is 4.28. The number of pyridine rings is 2. The molecule has 0 aliphatic heterocycles. The van der Waals surface area contributed by atoms with E-state index in [0.29, 0.717) is 23.3 Å². The minimum atomic E-state index is -0.395. The van der Waals surface area contributed by atoms with E-state index in [1.165, 1.54) is 6.07 Å². The highest BCUT2D eigenvalue weighted by molar-refractivity contribution is 5.79. The molecule has 2 aromatic heterocycles. The number of hydrogen-bond acceptors (Lipinski definition) is 4. The van der Waals surface area contributed by atoms with Crippen molar-refractivity contribution in [2.24, 2.45) is 5.92 Å². The number of halogens is 1. The van der Waals surface area contributed by atoms with E-state index >= 15 is 0 Å². The average Bonchev–Trinajstić information content (AvgIpc) is 2.57. The van der Waals surface area contributed by atoms with Crippen molar-refractivity contribution in [3.63, 3.8) is 0 Å². The molecule has 116 valence electrons. The minimum Gasteiger partial charge on any atom is -0.437 e. The molecule has 3 rings (SSSR count). The van der Waals surface area contributed by atoms with Crippen LogP contribution < -0.4 is 4.74 Å². The Balaban J connectivity index is 1.93. The highest BCUT2D eigenvalue weighted by Crippen LogP contribution is 2.26. The number of benzene rings is 1. The zero-order valence-electron chi connectivity index (χ0n) is 12.6. The van der Waals surface area contributed by atoms with Gasteiger partial charge in [-0.15, -0.1) is 0 Å². The van der Waals surface area contributed by atoms with Crippen molar-refractivity contribution >= 4 is 17.2 Å². The molecule has 1 aromatic carbocycles. The predicted molar refractivity (Wildman–Crippen MR) is 84.9 cm³/mol. The molecule has 0 spiro atoms. The van der Waals surface area contributed by atoms with Crippen LogP contribution in [0.5, 0.6) is 11.6 Å². The molecule has 0 bridgehead atoms. The molecule has 1 atom stereocenters. The number of aromatic nitrogens is 2. The van der Waals surface area contributed by atoms with E-state index in [1.54, 1.807) is 42.6 Å². The van der Waals surface area contributed by atoms with Crippen LogP contribution in [0, 0.1) is 11.7 Å². The first-order valence-corrected chi connectivity index (χ1v) is 7.29. The van der Waals surface area contributed by atoms with Crippen LogP contribution in [0.4, 0.5) is 4.39 Å². The second kappa shape index (κ2) is 6.52. The first-order valence-electron chi connectivity index (χ1n) is 7.29. The van der Waals surface area contributed by atoms with E-state index in [2.05, 4.69) is 9.97 Å². The van der Waals surface area contributed by atoms with E-state index in [-0.39, 0.29) is 17.3 Å². The third kappa shape index (κ3) is 3.34. The van der Waals surface area contributed by atoms with Crippen LogP contribution >= 0.6 is 0 Å². The van der Waals surface area contributed by atoms with Crippen molar-refractivity contribution in [2.45, 2.75) is 13.3 Å². The van der Waals surface area contributed by atoms with Crippen LogP contribution in [-0.4, -0.2) is 16.3 Å². The van der Waals surface area contributed by atoms with E-state index in [0.717, 1.165) is 6.29 Å². The van der Waals surface area contributed by atoms with Gasteiger partial charge >= 0.3 is 0 Å². The first-order chi connectivity index (χ1) is 11.2. The van der Waals surface area contributed by atoms with Gasteiger partial charge in [-0.2, -0.15) is 0 Å². The molecule has 0 aliphatic carbocycles. The van der Waals surface area contributed by atoms with Crippen molar-refractivity contribution in [1.29, 1.82) is 0 Å². The third-order valence-electron chi connectivity index (χ3n) is 3.46. The quantitative estimate of drug-likeness (QED) is 0.670. The zero-order chi connectivity index (χ0) is 16.2. The standard InChI is InChI=1S/C18H15FN2O2/c1-12(11-22)10-15-16(6-3-9-20-15)23-17-8-7-13-4-2-5-14(19)18(13)21-17/h2-9,11-12H,10H2,1H3. The van der Waals surface area contributed by atoms with Gasteiger partial charge in [0.2, 0.25) is 5.88 Å². The largest absolute Gasteiger partial charge is 0.437 e. The lowest BCUT2D eigenvalue weighted by molar-refractivity contribution is -0.110. The second-order valence-electron chi connectivity index (χ2n) is 5.33. The van der Waals surface area contributed by atoms with Gasteiger partial charge in [0.05, 0.1) is 5.69 Å². The Hall–Kier alpha value is -2.82. The molecule has 3 aromatic rings. The third-order valence-corrected chi connectivity index (χ3v) is 3.46. The summed E-state index contributed by atoms with van der Waals surface area (Å²) in [6.07, 6.45) is 3.00. The summed E-state index contributed by atoms with van der Waals surface area (Å²) in [5.41, 5.74) is 0.930. The lowest BCUT2D eigenvalue weighted by Gasteiger charge is -2.11. The van der Waals surface area contributed by atoms with Gasteiger partial charge in [0.25, 0.3) is 0 Å². The van der Waals surface area contributed by atoms with E-state index < -0.39 is 5.82 Å². The molecule has 1 unspecified atom stereocenters. The van der Waals surface area contributed by atoms with Crippen molar-refractivity contribution in [3.8, 4) is 11.6 Å². The number of carbonyl (C=O) groups is 1. The SMILES string of the molecule is CC(C=O)Cc1ncccc1Oc1ccc2cccc(F)c2n1. The molecular weight excluding hydrogens is 295 g/mol. The molecule has 0 fully saturated rings. The molecule has 0 N–H and O–H groups in total. The number of ether oxygens (including phenoxy) is 1. The van der Waals surface area contributed by atoms with E-state index in [1.807, 2.05) is 6.92 Å². The number of carbonyl (C=O) groups excluding carboxylic acids is 1. The summed E-state index contributed by atoms with van der Waals surface area (Å²) in [5, 5.41) is 0.707. The van der Waals surface area contributed by atoms with Crippen LogP contribution in [0.25, 0.3) is 10.9 Å². The van der Waals surface area contributed by atoms with Crippen LogP contribution in [0.1, 0.15) is 12.6 Å². The molecule has 0 radical (unpaired) electrons. The fourth-order valence-electron chi connectivity index (χ4n) is 2.29. The normalized spacial score (nSPS) is 12.1. The molecular formula is C18H15FN2O2. The van der Waals surface area contributed by atoms with Gasteiger partial charge in [-0.05, 0) is 24.3 Å². The van der Waals surface area contributed by atoms with Gasteiger partial charge in [-0.1, -0.05) is 19.1 Å². The predicted octanol–water partition coefficient (Wildman–Crippen LogP) is 3.94. The molecule has 23 heavy (non-hydrogen) atoms. The van der Waals surface area contributed by atoms with Crippen molar-refractivity contribution in [3.05, 3.63) is 60.2 Å². The average molecular weight is 310 g/mol. The van der Waals surface area contributed by atoms with Gasteiger partial charge in [-0.25, -0.2) is 9.37 Å². The zero-order valence-corrected chi connectivity index (χ0v) is 12.6. The van der Waals surface area contributed by atoms with Crippen LogP contribution in [0.15, 0.2) is 48.7 Å². The van der Waals surface area contributed by atoms with Crippen LogP contribution in [-0.2, 0) is 11.2 Å². The second-order valence-corrected chi connectivity index (χ2v) is 5.33. The van der Waals surface area contributed by atoms with Crippen molar-refractivity contribution in [2.75, 3.05) is 0 Å². The van der Waals surface area contributed by atoms with Crippen LogP contribution in [0.3, 0.4) is 0 Å². The fraction of sp³-hybridized carbons (Fsp3) is 0.167. The van der Waals surface area contributed by atoms with Gasteiger partial charge in [0.15, 0.2) is 5.75 Å². The number of aldehydes is 1. The lowest BCUT2D eigenvalue weighted by atomic mass is 10.1. The van der Waals surface area contributed by atoms with Crippen molar-refractivity contribution in [1.82, 2.24) is 9.97 Å². The number of fused-ring (bicyclic) bond motifs is 1. The molecule has 0 aliphatic rings. The highest BCUT2D eigenvalue weighted by atomic mass is 19.1. The van der Waals surface area contributed by atoms with Gasteiger partial charge in [0.1, 0.15) is 17.6 Å². The maximum absolute atomic E-state index is 13.8. The summed E-state index contributed by atoms with van der Waals surface area (Å²) in [4.78, 5) is 19.3. The van der Waals surface area contributed by atoms with Gasteiger partial charge < -0.3 is 9.53 Å². The lowest BCUT2D eigenvalue weighted by Crippen LogP contribution is -2.04. The number of nitrogens with zero attached hydrogens (tertiary/aromatic N) is 2. The Bertz CT molecular complexity index is 851. The Morgan fingerprint density at radius 1 is 1.22 bits per heavy atom. The Morgan fingerprint density at radius 3 is 2.91 bits per heavy atom. The van der Waals surface area contributed by atoms with E-state index in [4.69, 9.17) is 4.74 Å². The molecule has 5 heteroatoms. The summed E-state index contributed by atoms with van der Waals surface area (Å²) in [5.74, 6) is 0.253. The molecule has 2 heterocycles. The summed E-state index contributed by atoms with van der Waals surface area (Å²) < 4.78 is 19.6. The number of para-hydroxylation sites is 1. The highest BCUT2D eigenvalue weighted by Gasteiger charge is 2.11. The maximum atomic E-state index is 13.8. The Labute approximate surface area is 133 Å². The van der Waals surface area contributed by atoms with Gasteiger partial charge in [-0.3, -0.25) is 4.98 Å². The van der Waals surface area contributed by atoms with E-state index in [9.17, 15) is 9.18 Å². The molecule has 4 nitrogen and oxygen atoms in total. The summed E-state index contributed by atoms with van der Waals surface area (Å²) in [6, 6.07) is 11.7. The van der Waals surface area contributed by atoms with Crippen LogP contribution in [0.2, 0.25) is 0 Å². The first kappa shape index (κ1) is 15.1. The molecule has 0 amide bonds. The minimum absolute atomic E-state index is 0.158. The summed E-state index contributed by atoms with van der Waals surface area (Å²) in [6.45, 7) is 1.81. The Morgan fingerprint density at radius 2 is 2.09 bits per heavy atom. The summed E-state index contributed by atoms with van der Waals surface area (Å²) in [7, 11) is 0. The maximum Gasteiger partial charge on any atom is 0.219 e. The summed E-state index contributed by atoms with van der Waals surface area (Å²) >= 11 is 0. The molecule has 0 saturated heterocycles. The topological polar surface area (TPSA) is 52.1 Å².